The molecule has 2 aliphatic rings. The van der Waals surface area contributed by atoms with Gasteiger partial charge in [-0.2, -0.15) is 4.31 Å². The van der Waals surface area contributed by atoms with Crippen LogP contribution < -0.4 is 0 Å². The zero-order chi connectivity index (χ0) is 19.3. The average molecular weight is 404 g/mol. The summed E-state index contributed by atoms with van der Waals surface area (Å²) in [5, 5.41) is 0. The fraction of sp³-hybridized carbons (Fsp3) is 0.667. The molecule has 0 aromatic heterocycles. The number of nitrogens with zero attached hydrogens (tertiary/aromatic N) is 2. The molecular formula is C18H26F2N2O4S. The maximum absolute atomic E-state index is 13.6. The number of hydrogen-bond acceptors (Lipinski definition) is 5. The van der Waals surface area contributed by atoms with Gasteiger partial charge in [-0.1, -0.05) is 0 Å². The molecule has 9 heteroatoms. The number of benzene rings is 1. The highest BCUT2D eigenvalue weighted by Crippen LogP contribution is 2.25. The third-order valence-corrected chi connectivity index (χ3v) is 7.00. The van der Waals surface area contributed by atoms with E-state index < -0.39 is 21.7 Å². The molecular weight excluding hydrogens is 378 g/mol. The van der Waals surface area contributed by atoms with Crippen LogP contribution >= 0.6 is 0 Å². The first-order valence-electron chi connectivity index (χ1n) is 9.33. The molecule has 2 aliphatic heterocycles. The van der Waals surface area contributed by atoms with Gasteiger partial charge in [0.2, 0.25) is 10.0 Å². The van der Waals surface area contributed by atoms with Crippen molar-refractivity contribution in [2.75, 3.05) is 52.6 Å². The molecule has 152 valence electrons. The van der Waals surface area contributed by atoms with Gasteiger partial charge >= 0.3 is 0 Å². The van der Waals surface area contributed by atoms with Gasteiger partial charge in [0, 0.05) is 38.9 Å². The normalized spacial score (nSPS) is 20.3. The topological polar surface area (TPSA) is 59.1 Å². The van der Waals surface area contributed by atoms with Gasteiger partial charge < -0.3 is 9.47 Å². The Bertz CT molecular complexity index is 720. The summed E-state index contributed by atoms with van der Waals surface area (Å²) in [6, 6.07) is 2.56. The van der Waals surface area contributed by atoms with Crippen LogP contribution in [0.2, 0.25) is 0 Å². The Labute approximate surface area is 159 Å². The second-order valence-electron chi connectivity index (χ2n) is 6.84. The minimum absolute atomic E-state index is 0.193. The van der Waals surface area contributed by atoms with Gasteiger partial charge in [0.25, 0.3) is 0 Å². The molecule has 0 N–H and O–H groups in total. The van der Waals surface area contributed by atoms with Crippen molar-refractivity contribution in [1.82, 2.24) is 9.21 Å². The highest BCUT2D eigenvalue weighted by molar-refractivity contribution is 7.89. The molecule has 0 amide bonds. The summed E-state index contributed by atoms with van der Waals surface area (Å²) in [4.78, 5) is 2.04. The first-order chi connectivity index (χ1) is 13.0. The van der Waals surface area contributed by atoms with E-state index in [9.17, 15) is 17.2 Å². The van der Waals surface area contributed by atoms with Crippen LogP contribution in [0.15, 0.2) is 23.1 Å². The Hall–Kier alpha value is -1.13. The fourth-order valence-corrected chi connectivity index (χ4v) is 5.26. The Kier molecular flexibility index (Phi) is 7.16. The minimum Gasteiger partial charge on any atom is -0.381 e. The van der Waals surface area contributed by atoms with Gasteiger partial charge in [0.1, 0.15) is 0 Å². The lowest BCUT2D eigenvalue weighted by molar-refractivity contribution is 0.0344. The van der Waals surface area contributed by atoms with Crippen LogP contribution in [0.4, 0.5) is 8.78 Å². The molecule has 1 aromatic rings. The quantitative estimate of drug-likeness (QED) is 0.694. The van der Waals surface area contributed by atoms with Gasteiger partial charge in [-0.05, 0) is 44.0 Å². The summed E-state index contributed by atoms with van der Waals surface area (Å²) in [6.07, 6.45) is 1.86. The largest absolute Gasteiger partial charge is 0.381 e. The SMILES string of the molecule is O=S(=O)(c1ccc(F)c(F)c1)N(CCCN1CCOCC1)C1CCOCC1. The highest BCUT2D eigenvalue weighted by Gasteiger charge is 2.33. The van der Waals surface area contributed by atoms with Crippen LogP contribution in [0.1, 0.15) is 19.3 Å². The lowest BCUT2D eigenvalue weighted by Gasteiger charge is -2.34. The number of ether oxygens (including phenoxy) is 2. The second kappa shape index (κ2) is 9.38. The van der Waals surface area contributed by atoms with E-state index in [0.29, 0.717) is 52.2 Å². The number of halogens is 2. The molecule has 2 saturated heterocycles. The van der Waals surface area contributed by atoms with Crippen LogP contribution in [0.3, 0.4) is 0 Å². The van der Waals surface area contributed by atoms with E-state index in [2.05, 4.69) is 4.90 Å². The molecule has 0 aliphatic carbocycles. The van der Waals surface area contributed by atoms with Crippen LogP contribution in [0.25, 0.3) is 0 Å². The Morgan fingerprint density at radius 2 is 1.70 bits per heavy atom. The number of sulfonamides is 1. The van der Waals surface area contributed by atoms with Crippen molar-refractivity contribution < 1.29 is 26.7 Å². The molecule has 0 atom stereocenters. The smallest absolute Gasteiger partial charge is 0.243 e. The van der Waals surface area contributed by atoms with Crippen LogP contribution in [0.5, 0.6) is 0 Å². The average Bonchev–Trinajstić information content (AvgIpc) is 2.68. The van der Waals surface area contributed by atoms with Crippen molar-refractivity contribution >= 4 is 10.0 Å². The third kappa shape index (κ3) is 5.23. The van der Waals surface area contributed by atoms with Crippen molar-refractivity contribution in [3.8, 4) is 0 Å². The molecule has 1 aromatic carbocycles. The van der Waals surface area contributed by atoms with Gasteiger partial charge in [-0.15, -0.1) is 0 Å². The minimum atomic E-state index is -3.92. The van der Waals surface area contributed by atoms with E-state index >= 15 is 0 Å². The van der Waals surface area contributed by atoms with Gasteiger partial charge in [0.15, 0.2) is 11.6 Å². The molecule has 2 heterocycles. The molecule has 0 unspecified atom stereocenters. The molecule has 0 saturated carbocycles. The number of hydrogen-bond donors (Lipinski definition) is 0. The van der Waals surface area contributed by atoms with E-state index in [1.165, 1.54) is 4.31 Å². The summed E-state index contributed by atoms with van der Waals surface area (Å²) in [5.41, 5.74) is 0. The van der Waals surface area contributed by atoms with Crippen molar-refractivity contribution in [2.24, 2.45) is 0 Å². The van der Waals surface area contributed by atoms with E-state index in [1.54, 1.807) is 0 Å². The first kappa shape index (κ1) is 20.6. The molecule has 3 rings (SSSR count). The van der Waals surface area contributed by atoms with E-state index in [0.717, 1.165) is 37.8 Å². The van der Waals surface area contributed by atoms with Crippen molar-refractivity contribution in [1.29, 1.82) is 0 Å². The molecule has 0 bridgehead atoms. The summed E-state index contributed by atoms with van der Waals surface area (Å²) < 4.78 is 65.3. The van der Waals surface area contributed by atoms with Crippen LogP contribution in [-0.4, -0.2) is 76.3 Å². The summed E-state index contributed by atoms with van der Waals surface area (Å²) in [6.45, 7) is 5.17. The zero-order valence-electron chi connectivity index (χ0n) is 15.3. The molecule has 0 spiro atoms. The first-order valence-corrected chi connectivity index (χ1v) is 10.8. The zero-order valence-corrected chi connectivity index (χ0v) is 16.1. The van der Waals surface area contributed by atoms with E-state index in [1.807, 2.05) is 0 Å². The van der Waals surface area contributed by atoms with Gasteiger partial charge in [0.05, 0.1) is 18.1 Å². The maximum atomic E-state index is 13.6. The standard InChI is InChI=1S/C18H26F2N2O4S/c19-17-3-2-16(14-18(17)20)27(23,24)22(15-4-10-25-11-5-15)7-1-6-21-8-12-26-13-9-21/h2-3,14-15H,1,4-13H2. The van der Waals surface area contributed by atoms with Crippen molar-refractivity contribution in [2.45, 2.75) is 30.2 Å². The Balaban J connectivity index is 1.74. The predicted molar refractivity (Wildman–Crippen MR) is 96.0 cm³/mol. The predicted octanol–water partition coefficient (Wildman–Crippen LogP) is 1.86. The summed E-state index contributed by atoms with van der Waals surface area (Å²) >= 11 is 0. The summed E-state index contributed by atoms with van der Waals surface area (Å²) in [5.74, 6) is -2.21. The monoisotopic (exact) mass is 404 g/mol. The second-order valence-corrected chi connectivity index (χ2v) is 8.73. The molecule has 6 nitrogen and oxygen atoms in total. The molecule has 0 radical (unpaired) electrons. The van der Waals surface area contributed by atoms with Crippen LogP contribution in [-0.2, 0) is 19.5 Å². The third-order valence-electron chi connectivity index (χ3n) is 5.05. The van der Waals surface area contributed by atoms with Crippen molar-refractivity contribution in [3.05, 3.63) is 29.8 Å². The van der Waals surface area contributed by atoms with Crippen LogP contribution in [0, 0.1) is 11.6 Å². The van der Waals surface area contributed by atoms with E-state index in [-0.39, 0.29) is 10.9 Å². The lowest BCUT2D eigenvalue weighted by Crippen LogP contribution is -2.45. The molecule has 2 fully saturated rings. The summed E-state index contributed by atoms with van der Waals surface area (Å²) in [7, 11) is -3.92. The number of morpholine rings is 1. The lowest BCUT2D eigenvalue weighted by atomic mass is 10.1. The maximum Gasteiger partial charge on any atom is 0.243 e. The van der Waals surface area contributed by atoms with Gasteiger partial charge in [-0.25, -0.2) is 17.2 Å². The van der Waals surface area contributed by atoms with Crippen molar-refractivity contribution in [3.63, 3.8) is 0 Å². The molecule has 27 heavy (non-hydrogen) atoms. The number of rotatable bonds is 7. The van der Waals surface area contributed by atoms with E-state index in [4.69, 9.17) is 9.47 Å². The fourth-order valence-electron chi connectivity index (χ4n) is 3.52. The Morgan fingerprint density at radius 1 is 1.04 bits per heavy atom. The Morgan fingerprint density at radius 3 is 2.37 bits per heavy atom. The van der Waals surface area contributed by atoms with Gasteiger partial charge in [-0.3, -0.25) is 4.90 Å². The highest BCUT2D eigenvalue weighted by atomic mass is 32.2.